The molecule has 148 valence electrons. The molecule has 1 aromatic heterocycles. The molecule has 0 fully saturated rings. The average molecular weight is 436 g/mol. The Morgan fingerprint density at radius 3 is 2.25 bits per heavy atom. The number of hydrogen-bond acceptors (Lipinski definition) is 7. The molecule has 4 N–H and O–H groups in total. The number of ether oxygens (including phenoxy) is 1. The van der Waals surface area contributed by atoms with Crippen molar-refractivity contribution in [3.05, 3.63) is 53.6 Å². The summed E-state index contributed by atoms with van der Waals surface area (Å²) >= 11 is 6.12. The maximum atomic E-state index is 12.2. The zero-order valence-corrected chi connectivity index (χ0v) is 15.3. The van der Waals surface area contributed by atoms with Crippen LogP contribution in [0.25, 0.3) is 10.9 Å². The summed E-state index contributed by atoms with van der Waals surface area (Å²) in [6.07, 6.45) is -4.77. The molecule has 3 aromatic rings. The number of benzene rings is 2. The minimum absolute atomic E-state index is 0.0545. The van der Waals surface area contributed by atoms with E-state index in [0.29, 0.717) is 22.4 Å². The first kappa shape index (κ1) is 20.4. The summed E-state index contributed by atoms with van der Waals surface area (Å²) in [6, 6.07) is 10.9. The smallest absolute Gasteiger partial charge is 0.406 e. The molecule has 0 aliphatic heterocycles. The molecule has 0 bridgehead atoms. The minimum Gasteiger partial charge on any atom is -0.406 e. The number of pyridine rings is 1. The molecule has 0 amide bonds. The summed E-state index contributed by atoms with van der Waals surface area (Å²) < 4.78 is 45.0. The normalized spacial score (nSPS) is 12.1. The van der Waals surface area contributed by atoms with Gasteiger partial charge in [0.2, 0.25) is 0 Å². The first-order chi connectivity index (χ1) is 13.0. The van der Waals surface area contributed by atoms with Gasteiger partial charge in [-0.2, -0.15) is 14.7 Å². The van der Waals surface area contributed by atoms with E-state index >= 15 is 0 Å². The molecule has 0 aliphatic carbocycles. The average Bonchev–Trinajstić information content (AvgIpc) is 2.54. The van der Waals surface area contributed by atoms with Gasteiger partial charge in [-0.05, 0) is 42.5 Å². The highest BCUT2D eigenvalue weighted by Crippen LogP contribution is 2.47. The zero-order chi connectivity index (χ0) is 20.5. The van der Waals surface area contributed by atoms with Crippen LogP contribution in [0.4, 0.5) is 24.7 Å². The molecule has 0 saturated heterocycles. The van der Waals surface area contributed by atoms with E-state index in [2.05, 4.69) is 19.6 Å². The molecule has 2 aromatic carbocycles. The molecular formula is C16H12ClF3N2O5P+. The van der Waals surface area contributed by atoms with Gasteiger partial charge in [0, 0.05) is 17.1 Å². The van der Waals surface area contributed by atoms with Crippen molar-refractivity contribution in [1.29, 1.82) is 0 Å². The lowest BCUT2D eigenvalue weighted by molar-refractivity contribution is -0.274. The maximum Gasteiger partial charge on any atom is 0.613 e. The van der Waals surface area contributed by atoms with Crippen molar-refractivity contribution in [3.63, 3.8) is 0 Å². The van der Waals surface area contributed by atoms with Gasteiger partial charge in [0.15, 0.2) is 5.75 Å². The highest BCUT2D eigenvalue weighted by Gasteiger charge is 2.35. The fraction of sp³-hybridized carbons (Fsp3) is 0.0625. The third kappa shape index (κ3) is 5.57. The van der Waals surface area contributed by atoms with E-state index in [1.165, 1.54) is 24.3 Å². The number of anilines is 2. The minimum atomic E-state index is -4.77. The number of halogens is 4. The van der Waals surface area contributed by atoms with Gasteiger partial charge in [0.25, 0.3) is 0 Å². The van der Waals surface area contributed by atoms with Crippen molar-refractivity contribution in [3.8, 4) is 11.5 Å². The molecule has 0 aliphatic rings. The number of nitrogens with one attached hydrogen (secondary N) is 1. The van der Waals surface area contributed by atoms with Crippen LogP contribution in [0.2, 0.25) is 5.02 Å². The summed E-state index contributed by atoms with van der Waals surface area (Å²) in [7, 11) is -4.48. The highest BCUT2D eigenvalue weighted by molar-refractivity contribution is 7.53. The number of hydrogen-bond donors (Lipinski definition) is 4. The van der Waals surface area contributed by atoms with Crippen LogP contribution < -0.4 is 14.6 Å². The van der Waals surface area contributed by atoms with Crippen LogP contribution in [-0.2, 0) is 0 Å². The SMILES string of the molecule is O[P+](O)(O)Oc1cc(Cl)c2nc(Nc3ccc(OC(F)(F)F)cc3)ccc2c1. The van der Waals surface area contributed by atoms with Gasteiger partial charge < -0.3 is 10.1 Å². The molecule has 3 rings (SSSR count). The van der Waals surface area contributed by atoms with E-state index in [4.69, 9.17) is 26.3 Å². The fourth-order valence-corrected chi connectivity index (χ4v) is 2.96. The van der Waals surface area contributed by atoms with E-state index in [0.717, 1.165) is 12.1 Å². The van der Waals surface area contributed by atoms with Gasteiger partial charge in [0.1, 0.15) is 11.6 Å². The number of nitrogens with zero attached hydrogens (tertiary/aromatic N) is 1. The molecule has 0 unspecified atom stereocenters. The standard InChI is InChI=1S/C16H12ClF3N2O5P/c17-13-8-12(27-28(23,24)25)7-9-1-6-14(22-15(9)13)21-10-2-4-11(5-3-10)26-16(18,19)20/h1-8,23-25H,(H,21,22)/q+1. The summed E-state index contributed by atoms with van der Waals surface area (Å²) in [4.78, 5) is 31.3. The fourth-order valence-electron chi connectivity index (χ4n) is 2.32. The molecule has 0 radical (unpaired) electrons. The molecular weight excluding hydrogens is 424 g/mol. The number of rotatable bonds is 5. The van der Waals surface area contributed by atoms with E-state index in [1.807, 2.05) is 0 Å². The Labute approximate surface area is 161 Å². The molecule has 7 nitrogen and oxygen atoms in total. The molecule has 1 heterocycles. The Bertz CT molecular complexity index is 996. The van der Waals surface area contributed by atoms with Crippen LogP contribution in [-0.4, -0.2) is 26.0 Å². The predicted molar refractivity (Wildman–Crippen MR) is 97.4 cm³/mol. The summed E-state index contributed by atoms with van der Waals surface area (Å²) in [5, 5.41) is 3.53. The lowest BCUT2D eigenvalue weighted by Crippen LogP contribution is -2.16. The van der Waals surface area contributed by atoms with Crippen molar-refractivity contribution < 1.29 is 37.1 Å². The van der Waals surface area contributed by atoms with Gasteiger partial charge in [-0.3, -0.25) is 4.52 Å². The van der Waals surface area contributed by atoms with Gasteiger partial charge in [-0.15, -0.1) is 13.2 Å². The van der Waals surface area contributed by atoms with Crippen molar-refractivity contribution in [1.82, 2.24) is 4.98 Å². The van der Waals surface area contributed by atoms with Gasteiger partial charge in [-0.25, -0.2) is 4.98 Å². The van der Waals surface area contributed by atoms with E-state index in [9.17, 15) is 13.2 Å². The van der Waals surface area contributed by atoms with Crippen molar-refractivity contribution >= 4 is 42.2 Å². The second kappa shape index (κ2) is 7.57. The van der Waals surface area contributed by atoms with Crippen molar-refractivity contribution in [2.75, 3.05) is 5.32 Å². The van der Waals surface area contributed by atoms with Gasteiger partial charge >= 0.3 is 14.5 Å². The second-order valence-corrected chi connectivity index (χ2v) is 7.09. The Morgan fingerprint density at radius 2 is 1.64 bits per heavy atom. The quantitative estimate of drug-likeness (QED) is 0.435. The molecule has 0 saturated carbocycles. The third-order valence-electron chi connectivity index (χ3n) is 3.31. The predicted octanol–water partition coefficient (Wildman–Crippen LogP) is 4.56. The largest absolute Gasteiger partial charge is 0.613 e. The Balaban J connectivity index is 1.81. The van der Waals surface area contributed by atoms with Crippen LogP contribution in [0.5, 0.6) is 11.5 Å². The first-order valence-electron chi connectivity index (χ1n) is 7.48. The maximum absolute atomic E-state index is 12.2. The first-order valence-corrected chi connectivity index (χ1v) is 9.43. The van der Waals surface area contributed by atoms with Gasteiger partial charge in [-0.1, -0.05) is 11.6 Å². The highest BCUT2D eigenvalue weighted by atomic mass is 35.5. The molecule has 28 heavy (non-hydrogen) atoms. The molecule has 0 spiro atoms. The van der Waals surface area contributed by atoms with Crippen molar-refractivity contribution in [2.45, 2.75) is 6.36 Å². The lowest BCUT2D eigenvalue weighted by atomic mass is 10.2. The van der Waals surface area contributed by atoms with Crippen LogP contribution in [0.1, 0.15) is 0 Å². The lowest BCUT2D eigenvalue weighted by Gasteiger charge is -2.11. The molecule has 12 heteroatoms. The number of alkyl halides is 3. The number of fused-ring (bicyclic) bond motifs is 1. The number of aromatic nitrogens is 1. The van der Waals surface area contributed by atoms with E-state index in [1.54, 1.807) is 12.1 Å². The zero-order valence-electron chi connectivity index (χ0n) is 13.7. The Kier molecular flexibility index (Phi) is 5.51. The van der Waals surface area contributed by atoms with E-state index in [-0.39, 0.29) is 16.5 Å². The summed E-state index contributed by atoms with van der Waals surface area (Å²) in [5.74, 6) is -0.0439. The second-order valence-electron chi connectivity index (χ2n) is 5.48. The topological polar surface area (TPSA) is 104 Å². The summed E-state index contributed by atoms with van der Waals surface area (Å²) in [6.45, 7) is 0. The summed E-state index contributed by atoms with van der Waals surface area (Å²) in [5.41, 5.74) is 0.821. The van der Waals surface area contributed by atoms with E-state index < -0.39 is 14.5 Å². The Morgan fingerprint density at radius 1 is 0.964 bits per heavy atom. The van der Waals surface area contributed by atoms with Crippen LogP contribution in [0.3, 0.4) is 0 Å². The monoisotopic (exact) mass is 435 g/mol. The van der Waals surface area contributed by atoms with Gasteiger partial charge in [0.05, 0.1) is 10.5 Å². The third-order valence-corrected chi connectivity index (χ3v) is 4.05. The van der Waals surface area contributed by atoms with Crippen molar-refractivity contribution in [2.24, 2.45) is 0 Å². The van der Waals surface area contributed by atoms with Crippen LogP contribution >= 0.6 is 19.8 Å². The van der Waals surface area contributed by atoms with Crippen LogP contribution in [0.15, 0.2) is 48.5 Å². The van der Waals surface area contributed by atoms with Crippen LogP contribution in [0, 0.1) is 0 Å². The molecule has 0 atom stereocenters. The Hall–Kier alpha value is -2.36.